The topological polar surface area (TPSA) is 72.5 Å². The molecule has 3 N–H and O–H groups in total. The lowest BCUT2D eigenvalue weighted by Crippen LogP contribution is -2.21. The van der Waals surface area contributed by atoms with E-state index in [2.05, 4.69) is 0 Å². The number of rotatable bonds is 3. The first-order valence-electron chi connectivity index (χ1n) is 4.29. The molecule has 0 saturated carbocycles. The molecule has 1 unspecified atom stereocenters. The zero-order chi connectivity index (χ0) is 11.6. The summed E-state index contributed by atoms with van der Waals surface area (Å²) in [5.41, 5.74) is 6.75. The van der Waals surface area contributed by atoms with E-state index in [-0.39, 0.29) is 0 Å². The number of aliphatic carboxylic acids is 1. The van der Waals surface area contributed by atoms with Crippen LogP contribution < -0.4 is 10.5 Å². The third-order valence-corrected chi connectivity index (χ3v) is 2.44. The number of benzene rings is 1. The molecule has 1 aromatic carbocycles. The highest BCUT2D eigenvalue weighted by molar-refractivity contribution is 6.32. The molecule has 1 atom stereocenters. The Morgan fingerprint density at radius 1 is 1.60 bits per heavy atom. The minimum atomic E-state index is -1.08. The van der Waals surface area contributed by atoms with Gasteiger partial charge in [0.2, 0.25) is 0 Å². The second-order valence-corrected chi connectivity index (χ2v) is 3.57. The quantitative estimate of drug-likeness (QED) is 0.828. The third kappa shape index (κ3) is 2.40. The molecular formula is C10H12ClNO3. The third-order valence-electron chi connectivity index (χ3n) is 2.14. The smallest absolute Gasteiger partial charge is 0.325 e. The fraction of sp³-hybridized carbons (Fsp3) is 0.300. The molecule has 0 saturated heterocycles. The summed E-state index contributed by atoms with van der Waals surface area (Å²) in [5, 5.41) is 9.24. The fourth-order valence-electron chi connectivity index (χ4n) is 1.29. The molecule has 0 aliphatic rings. The van der Waals surface area contributed by atoms with Gasteiger partial charge in [0.15, 0.2) is 0 Å². The SMILES string of the molecule is COc1cc(C(N)C(=O)O)c(C)cc1Cl. The minimum Gasteiger partial charge on any atom is -0.495 e. The molecule has 0 heterocycles. The van der Waals surface area contributed by atoms with Gasteiger partial charge in [0.05, 0.1) is 12.1 Å². The number of aryl methyl sites for hydroxylation is 1. The fourth-order valence-corrected chi connectivity index (χ4v) is 1.59. The Kier molecular flexibility index (Phi) is 3.55. The van der Waals surface area contributed by atoms with Crippen LogP contribution in [0.5, 0.6) is 5.75 Å². The van der Waals surface area contributed by atoms with Gasteiger partial charge < -0.3 is 15.6 Å². The average molecular weight is 230 g/mol. The molecule has 0 aromatic heterocycles. The number of hydrogen-bond acceptors (Lipinski definition) is 3. The second kappa shape index (κ2) is 4.51. The van der Waals surface area contributed by atoms with E-state index in [9.17, 15) is 4.79 Å². The molecular weight excluding hydrogens is 218 g/mol. The van der Waals surface area contributed by atoms with Crippen molar-refractivity contribution in [3.05, 3.63) is 28.3 Å². The first-order chi connectivity index (χ1) is 6.97. The van der Waals surface area contributed by atoms with Gasteiger partial charge in [-0.15, -0.1) is 0 Å². The summed E-state index contributed by atoms with van der Waals surface area (Å²) in [6.45, 7) is 1.75. The largest absolute Gasteiger partial charge is 0.495 e. The van der Waals surface area contributed by atoms with E-state index in [1.165, 1.54) is 7.11 Å². The second-order valence-electron chi connectivity index (χ2n) is 3.16. The van der Waals surface area contributed by atoms with Gasteiger partial charge in [-0.05, 0) is 30.2 Å². The number of hydrogen-bond donors (Lipinski definition) is 2. The lowest BCUT2D eigenvalue weighted by atomic mass is 10.0. The maximum absolute atomic E-state index is 10.7. The predicted octanol–water partition coefficient (Wildman–Crippen LogP) is 1.74. The highest BCUT2D eigenvalue weighted by Crippen LogP contribution is 2.30. The van der Waals surface area contributed by atoms with Gasteiger partial charge in [0, 0.05) is 0 Å². The number of halogens is 1. The van der Waals surface area contributed by atoms with Crippen LogP contribution in [0.15, 0.2) is 12.1 Å². The van der Waals surface area contributed by atoms with Crippen molar-refractivity contribution in [1.82, 2.24) is 0 Å². The number of nitrogens with two attached hydrogens (primary N) is 1. The van der Waals surface area contributed by atoms with Crippen molar-refractivity contribution in [2.75, 3.05) is 7.11 Å². The van der Waals surface area contributed by atoms with Crippen LogP contribution in [0.4, 0.5) is 0 Å². The molecule has 0 amide bonds. The predicted molar refractivity (Wildman–Crippen MR) is 57.3 cm³/mol. The van der Waals surface area contributed by atoms with Crippen LogP contribution in [-0.2, 0) is 4.79 Å². The zero-order valence-corrected chi connectivity index (χ0v) is 9.21. The molecule has 0 aliphatic heterocycles. The van der Waals surface area contributed by atoms with Crippen molar-refractivity contribution < 1.29 is 14.6 Å². The van der Waals surface area contributed by atoms with E-state index in [1.807, 2.05) is 0 Å². The molecule has 0 aliphatic carbocycles. The first kappa shape index (κ1) is 11.8. The molecule has 15 heavy (non-hydrogen) atoms. The Morgan fingerprint density at radius 2 is 2.20 bits per heavy atom. The summed E-state index contributed by atoms with van der Waals surface area (Å²) in [6, 6.07) is 2.13. The van der Waals surface area contributed by atoms with Crippen molar-refractivity contribution >= 4 is 17.6 Å². The van der Waals surface area contributed by atoms with E-state index in [0.717, 1.165) is 5.56 Å². The van der Waals surface area contributed by atoms with Crippen LogP contribution >= 0.6 is 11.6 Å². The Bertz CT molecular complexity index is 392. The highest BCUT2D eigenvalue weighted by atomic mass is 35.5. The lowest BCUT2D eigenvalue weighted by molar-refractivity contribution is -0.138. The van der Waals surface area contributed by atoms with Crippen molar-refractivity contribution in [2.24, 2.45) is 5.73 Å². The normalized spacial score (nSPS) is 12.3. The van der Waals surface area contributed by atoms with Crippen molar-refractivity contribution in [3.8, 4) is 5.75 Å². The van der Waals surface area contributed by atoms with Gasteiger partial charge in [-0.3, -0.25) is 4.79 Å². The molecule has 1 aromatic rings. The first-order valence-corrected chi connectivity index (χ1v) is 4.67. The van der Waals surface area contributed by atoms with E-state index in [0.29, 0.717) is 16.3 Å². The Labute approximate surface area is 92.6 Å². The Hall–Kier alpha value is -1.26. The number of carboxylic acid groups (broad SMARTS) is 1. The number of carboxylic acids is 1. The molecule has 0 radical (unpaired) electrons. The maximum Gasteiger partial charge on any atom is 0.325 e. The molecule has 5 heteroatoms. The van der Waals surface area contributed by atoms with Gasteiger partial charge in [0.25, 0.3) is 0 Å². The number of methoxy groups -OCH3 is 1. The highest BCUT2D eigenvalue weighted by Gasteiger charge is 2.18. The van der Waals surface area contributed by atoms with Crippen LogP contribution in [0.3, 0.4) is 0 Å². The van der Waals surface area contributed by atoms with E-state index >= 15 is 0 Å². The lowest BCUT2D eigenvalue weighted by Gasteiger charge is -2.13. The summed E-state index contributed by atoms with van der Waals surface area (Å²) in [7, 11) is 1.46. The Balaban J connectivity index is 3.24. The number of ether oxygens (including phenoxy) is 1. The summed E-state index contributed by atoms with van der Waals surface area (Å²) in [6.07, 6.45) is 0. The standard InChI is InChI=1S/C10H12ClNO3/c1-5-3-7(11)8(15-2)4-6(5)9(12)10(13)14/h3-4,9H,12H2,1-2H3,(H,13,14). The van der Waals surface area contributed by atoms with Crippen molar-refractivity contribution in [3.63, 3.8) is 0 Å². The molecule has 0 spiro atoms. The van der Waals surface area contributed by atoms with Gasteiger partial charge in [-0.1, -0.05) is 11.6 Å². The van der Waals surface area contributed by atoms with Gasteiger partial charge >= 0.3 is 5.97 Å². The van der Waals surface area contributed by atoms with E-state index in [4.69, 9.17) is 27.2 Å². The van der Waals surface area contributed by atoms with Gasteiger partial charge in [-0.25, -0.2) is 0 Å². The van der Waals surface area contributed by atoms with Gasteiger partial charge in [-0.2, -0.15) is 0 Å². The average Bonchev–Trinajstić information content (AvgIpc) is 2.17. The molecule has 0 bridgehead atoms. The summed E-state index contributed by atoms with van der Waals surface area (Å²) in [4.78, 5) is 10.7. The van der Waals surface area contributed by atoms with Crippen molar-refractivity contribution in [2.45, 2.75) is 13.0 Å². The van der Waals surface area contributed by atoms with Crippen LogP contribution in [0.1, 0.15) is 17.2 Å². The van der Waals surface area contributed by atoms with Gasteiger partial charge in [0.1, 0.15) is 11.8 Å². The van der Waals surface area contributed by atoms with Crippen LogP contribution in [0.2, 0.25) is 5.02 Å². The zero-order valence-electron chi connectivity index (χ0n) is 8.45. The molecule has 4 nitrogen and oxygen atoms in total. The molecule has 0 fully saturated rings. The molecule has 1 rings (SSSR count). The monoisotopic (exact) mass is 229 g/mol. The van der Waals surface area contributed by atoms with E-state index in [1.54, 1.807) is 19.1 Å². The van der Waals surface area contributed by atoms with Crippen molar-refractivity contribution in [1.29, 1.82) is 0 Å². The van der Waals surface area contributed by atoms with Crippen LogP contribution in [-0.4, -0.2) is 18.2 Å². The van der Waals surface area contributed by atoms with Crippen LogP contribution in [0, 0.1) is 6.92 Å². The van der Waals surface area contributed by atoms with E-state index < -0.39 is 12.0 Å². The minimum absolute atomic E-state index is 0.425. The Morgan fingerprint density at radius 3 is 2.67 bits per heavy atom. The number of carbonyl (C=O) groups is 1. The van der Waals surface area contributed by atoms with Crippen LogP contribution in [0.25, 0.3) is 0 Å². The summed E-state index contributed by atoms with van der Waals surface area (Å²) < 4.78 is 4.99. The maximum atomic E-state index is 10.7. The summed E-state index contributed by atoms with van der Waals surface area (Å²) in [5.74, 6) is -0.656. The summed E-state index contributed by atoms with van der Waals surface area (Å²) >= 11 is 5.87. The molecule has 82 valence electrons.